The van der Waals surface area contributed by atoms with Crippen LogP contribution in [0.1, 0.15) is 27.5 Å². The maximum absolute atomic E-state index is 13.0. The molecule has 0 saturated carbocycles. The molecule has 1 amide bonds. The largest absolute Gasteiger partial charge is 0.507 e. The number of ether oxygens (including phenoxy) is 1. The molecule has 0 radical (unpaired) electrons. The van der Waals surface area contributed by atoms with Crippen LogP contribution in [0.5, 0.6) is 0 Å². The topological polar surface area (TPSA) is 110 Å². The van der Waals surface area contributed by atoms with E-state index in [1.54, 1.807) is 42.5 Å². The number of aliphatic hydroxyl groups is 1. The van der Waals surface area contributed by atoms with E-state index in [1.807, 2.05) is 0 Å². The van der Waals surface area contributed by atoms with Crippen LogP contribution in [0.25, 0.3) is 5.76 Å². The van der Waals surface area contributed by atoms with Crippen LogP contribution in [0.4, 0.5) is 5.95 Å². The minimum absolute atomic E-state index is 0.00477. The number of esters is 1. The van der Waals surface area contributed by atoms with Gasteiger partial charge in [-0.1, -0.05) is 35.9 Å². The van der Waals surface area contributed by atoms with Gasteiger partial charge in [-0.05, 0) is 35.9 Å². The molecule has 1 aliphatic heterocycles. The van der Waals surface area contributed by atoms with E-state index in [0.29, 0.717) is 5.56 Å². The Morgan fingerprint density at radius 2 is 1.69 bits per heavy atom. The first kappa shape index (κ1) is 21.2. The zero-order valence-corrected chi connectivity index (χ0v) is 17.5. The quantitative estimate of drug-likeness (QED) is 0.281. The number of aromatic nitrogens is 2. The molecule has 1 atom stereocenters. The summed E-state index contributed by atoms with van der Waals surface area (Å²) in [4.78, 5) is 47.1. The Hall–Kier alpha value is -4.04. The van der Waals surface area contributed by atoms with Crippen LogP contribution in [0.2, 0.25) is 5.02 Å². The van der Waals surface area contributed by atoms with Crippen molar-refractivity contribution in [3.05, 3.63) is 94.3 Å². The number of nitrogens with zero attached hydrogens (tertiary/aromatic N) is 3. The molecule has 1 fully saturated rings. The highest BCUT2D eigenvalue weighted by atomic mass is 35.5. The minimum atomic E-state index is -1.04. The Kier molecular flexibility index (Phi) is 5.70. The van der Waals surface area contributed by atoms with Gasteiger partial charge in [0.05, 0.1) is 29.3 Å². The van der Waals surface area contributed by atoms with Gasteiger partial charge in [0.15, 0.2) is 0 Å². The van der Waals surface area contributed by atoms with E-state index < -0.39 is 29.5 Å². The second kappa shape index (κ2) is 8.60. The lowest BCUT2D eigenvalue weighted by Crippen LogP contribution is -2.31. The number of anilines is 1. The number of methoxy groups -OCH3 is 1. The molecular weight excluding hydrogens is 434 g/mol. The van der Waals surface area contributed by atoms with E-state index in [-0.39, 0.29) is 27.7 Å². The Bertz CT molecular complexity index is 1240. The molecule has 8 nitrogen and oxygen atoms in total. The van der Waals surface area contributed by atoms with Gasteiger partial charge in [0.25, 0.3) is 5.78 Å². The van der Waals surface area contributed by atoms with Gasteiger partial charge in [-0.2, -0.15) is 0 Å². The number of rotatable bonds is 4. The summed E-state index contributed by atoms with van der Waals surface area (Å²) < 4.78 is 4.71. The fraction of sp³-hybridized carbons (Fsp3) is 0.0870. The molecule has 4 rings (SSSR count). The molecule has 1 saturated heterocycles. The number of carbonyl (C=O) groups is 3. The van der Waals surface area contributed by atoms with Crippen molar-refractivity contribution in [1.29, 1.82) is 0 Å². The van der Waals surface area contributed by atoms with E-state index in [4.69, 9.17) is 16.3 Å². The molecule has 0 spiro atoms. The predicted octanol–water partition coefficient (Wildman–Crippen LogP) is 3.54. The summed E-state index contributed by atoms with van der Waals surface area (Å²) in [6, 6.07) is 13.1. The van der Waals surface area contributed by atoms with Gasteiger partial charge >= 0.3 is 11.9 Å². The Morgan fingerprint density at radius 3 is 2.31 bits per heavy atom. The molecule has 0 aliphatic carbocycles. The molecule has 2 heterocycles. The van der Waals surface area contributed by atoms with Crippen molar-refractivity contribution in [1.82, 2.24) is 9.97 Å². The molecule has 32 heavy (non-hydrogen) atoms. The van der Waals surface area contributed by atoms with Crippen molar-refractivity contribution in [2.24, 2.45) is 0 Å². The number of ketones is 1. The summed E-state index contributed by atoms with van der Waals surface area (Å²) >= 11 is 6.22. The average molecular weight is 450 g/mol. The molecular formula is C23H16ClN3O5. The smallest absolute Gasteiger partial charge is 0.337 e. The van der Waals surface area contributed by atoms with E-state index in [2.05, 4.69) is 9.97 Å². The molecule has 1 aliphatic rings. The van der Waals surface area contributed by atoms with Crippen molar-refractivity contribution >= 4 is 41.0 Å². The minimum Gasteiger partial charge on any atom is -0.507 e. The summed E-state index contributed by atoms with van der Waals surface area (Å²) in [5, 5.41) is 11.3. The van der Waals surface area contributed by atoms with E-state index >= 15 is 0 Å². The van der Waals surface area contributed by atoms with Crippen LogP contribution in [-0.4, -0.2) is 39.8 Å². The van der Waals surface area contributed by atoms with Gasteiger partial charge in [-0.25, -0.2) is 14.8 Å². The SMILES string of the molecule is COC(=O)c1ccc(C2C(=C(O)c3ccccc3Cl)C(=O)C(=O)N2c2ncccn2)cc1. The lowest BCUT2D eigenvalue weighted by molar-refractivity contribution is -0.132. The maximum Gasteiger partial charge on any atom is 0.337 e. The molecule has 1 N–H and O–H groups in total. The molecule has 1 aromatic heterocycles. The highest BCUT2D eigenvalue weighted by molar-refractivity contribution is 6.51. The van der Waals surface area contributed by atoms with Crippen molar-refractivity contribution in [3.63, 3.8) is 0 Å². The summed E-state index contributed by atoms with van der Waals surface area (Å²) in [5.74, 6) is -2.76. The van der Waals surface area contributed by atoms with Gasteiger partial charge in [0, 0.05) is 18.0 Å². The first-order valence-corrected chi connectivity index (χ1v) is 9.83. The van der Waals surface area contributed by atoms with Gasteiger partial charge in [0.1, 0.15) is 5.76 Å². The summed E-state index contributed by atoms with van der Waals surface area (Å²) in [6.07, 6.45) is 2.88. The van der Waals surface area contributed by atoms with E-state index in [0.717, 1.165) is 4.90 Å². The van der Waals surface area contributed by atoms with Crippen LogP contribution in [-0.2, 0) is 14.3 Å². The molecule has 160 valence electrons. The van der Waals surface area contributed by atoms with E-state index in [9.17, 15) is 19.5 Å². The number of halogens is 1. The van der Waals surface area contributed by atoms with Gasteiger partial charge in [-0.3, -0.25) is 14.5 Å². The lowest BCUT2D eigenvalue weighted by atomic mass is 9.94. The third-order valence-electron chi connectivity index (χ3n) is 4.99. The van der Waals surface area contributed by atoms with Crippen LogP contribution in [0.15, 0.2) is 72.6 Å². The Morgan fingerprint density at radius 1 is 1.03 bits per heavy atom. The second-order valence-corrected chi connectivity index (χ2v) is 7.22. The normalized spacial score (nSPS) is 17.4. The predicted molar refractivity (Wildman–Crippen MR) is 116 cm³/mol. The summed E-state index contributed by atoms with van der Waals surface area (Å²) in [7, 11) is 1.27. The molecule has 0 bridgehead atoms. The standard InChI is InChI=1S/C23H16ClN3O5/c1-32-22(31)14-9-7-13(8-10-14)18-17(19(28)15-5-2-3-6-16(15)24)20(29)21(30)27(18)23-25-11-4-12-26-23/h2-12,18,28H,1H3. The molecule has 9 heteroatoms. The van der Waals surface area contributed by atoms with Crippen molar-refractivity contribution in [2.45, 2.75) is 6.04 Å². The van der Waals surface area contributed by atoms with Crippen molar-refractivity contribution < 1.29 is 24.2 Å². The zero-order valence-electron chi connectivity index (χ0n) is 16.7. The van der Waals surface area contributed by atoms with Gasteiger partial charge in [-0.15, -0.1) is 0 Å². The number of aliphatic hydroxyl groups excluding tert-OH is 1. The Balaban J connectivity index is 1.93. The Labute approximate surface area is 187 Å². The van der Waals surface area contributed by atoms with Gasteiger partial charge < -0.3 is 9.84 Å². The zero-order chi connectivity index (χ0) is 22.8. The van der Waals surface area contributed by atoms with Crippen LogP contribution in [0.3, 0.4) is 0 Å². The number of Topliss-reactive ketones (excluding diaryl/α,β-unsaturated/α-hetero) is 1. The first-order valence-electron chi connectivity index (χ1n) is 9.45. The first-order chi connectivity index (χ1) is 15.4. The highest BCUT2D eigenvalue weighted by Crippen LogP contribution is 2.41. The third-order valence-corrected chi connectivity index (χ3v) is 5.32. The number of benzene rings is 2. The monoisotopic (exact) mass is 449 g/mol. The van der Waals surface area contributed by atoms with Crippen LogP contribution >= 0.6 is 11.6 Å². The number of amides is 1. The molecule has 2 aromatic carbocycles. The molecule has 1 unspecified atom stereocenters. The third kappa shape index (κ3) is 3.61. The van der Waals surface area contributed by atoms with Crippen LogP contribution in [0, 0.1) is 0 Å². The molecule has 3 aromatic rings. The fourth-order valence-corrected chi connectivity index (χ4v) is 3.71. The van der Waals surface area contributed by atoms with Crippen molar-refractivity contribution in [2.75, 3.05) is 12.0 Å². The maximum atomic E-state index is 13.0. The summed E-state index contributed by atoms with van der Waals surface area (Å²) in [6.45, 7) is 0. The highest BCUT2D eigenvalue weighted by Gasteiger charge is 2.48. The van der Waals surface area contributed by atoms with Crippen LogP contribution < -0.4 is 4.90 Å². The number of hydrogen-bond donors (Lipinski definition) is 1. The number of carbonyl (C=O) groups excluding carboxylic acids is 3. The fourth-order valence-electron chi connectivity index (χ4n) is 3.49. The average Bonchev–Trinajstić information content (AvgIpc) is 3.09. The summed E-state index contributed by atoms with van der Waals surface area (Å²) in [5.41, 5.74) is 0.784. The van der Waals surface area contributed by atoms with Gasteiger partial charge in [0.2, 0.25) is 5.95 Å². The van der Waals surface area contributed by atoms with Crippen molar-refractivity contribution in [3.8, 4) is 0 Å². The second-order valence-electron chi connectivity index (χ2n) is 6.81. The van der Waals surface area contributed by atoms with E-state index in [1.165, 1.54) is 31.6 Å². The lowest BCUT2D eigenvalue weighted by Gasteiger charge is -2.23. The number of hydrogen-bond acceptors (Lipinski definition) is 7.